The maximum Gasteiger partial charge on any atom is 0.256 e. The molecule has 0 aliphatic rings. The van der Waals surface area contributed by atoms with Gasteiger partial charge in [-0.15, -0.1) is 0 Å². The lowest BCUT2D eigenvalue weighted by molar-refractivity contribution is 0.102. The van der Waals surface area contributed by atoms with Gasteiger partial charge in [-0.05, 0) is 31.2 Å². The Balaban J connectivity index is 1.79. The fourth-order valence-corrected chi connectivity index (χ4v) is 3.01. The van der Waals surface area contributed by atoms with Crippen LogP contribution in [-0.2, 0) is 0 Å². The summed E-state index contributed by atoms with van der Waals surface area (Å²) in [4.78, 5) is 17.6. The molecule has 1 amide bonds. The van der Waals surface area contributed by atoms with E-state index in [1.54, 1.807) is 12.1 Å². The van der Waals surface area contributed by atoms with Gasteiger partial charge in [0.1, 0.15) is 0 Å². The van der Waals surface area contributed by atoms with E-state index in [1.165, 1.54) is 6.07 Å². The van der Waals surface area contributed by atoms with Gasteiger partial charge in [-0.1, -0.05) is 48.0 Å². The number of amides is 1. The number of fused-ring (bicyclic) bond motifs is 1. The lowest BCUT2D eigenvalue weighted by atomic mass is 10.0. The first-order valence-electron chi connectivity index (χ1n) is 8.74. The Hall–Kier alpha value is -3.60. The number of hydrogen-bond acceptors (Lipinski definition) is 2. The number of carbonyl (C=O) groups excluding carboxylic acids is 1. The minimum absolute atomic E-state index is 0.182. The lowest BCUT2D eigenvalue weighted by Crippen LogP contribution is -2.13. The summed E-state index contributed by atoms with van der Waals surface area (Å²) in [7, 11) is 0. The molecule has 0 fully saturated rings. The summed E-state index contributed by atoms with van der Waals surface area (Å²) >= 11 is 0. The molecule has 5 heteroatoms. The molecule has 0 saturated heterocycles. The second-order valence-electron chi connectivity index (χ2n) is 6.52. The smallest absolute Gasteiger partial charge is 0.256 e. The van der Waals surface area contributed by atoms with Crippen LogP contribution in [0.4, 0.5) is 14.5 Å². The fraction of sp³-hybridized carbons (Fsp3) is 0.0435. The molecule has 0 unspecified atom stereocenters. The highest BCUT2D eigenvalue weighted by Gasteiger charge is 2.15. The average Bonchev–Trinajstić information content (AvgIpc) is 2.70. The zero-order valence-corrected chi connectivity index (χ0v) is 15.0. The number of nitrogens with zero attached hydrogens (tertiary/aromatic N) is 1. The molecule has 1 N–H and O–H groups in total. The van der Waals surface area contributed by atoms with Crippen molar-refractivity contribution in [2.45, 2.75) is 6.92 Å². The van der Waals surface area contributed by atoms with Crippen molar-refractivity contribution in [3.05, 3.63) is 95.6 Å². The van der Waals surface area contributed by atoms with E-state index in [-0.39, 0.29) is 5.69 Å². The number of benzene rings is 3. The third kappa shape index (κ3) is 3.47. The quantitative estimate of drug-likeness (QED) is 0.497. The number of para-hydroxylation sites is 1. The van der Waals surface area contributed by atoms with Crippen LogP contribution in [0.15, 0.2) is 72.8 Å². The number of nitrogens with one attached hydrogen (secondary N) is 1. The van der Waals surface area contributed by atoms with E-state index in [2.05, 4.69) is 10.3 Å². The largest absolute Gasteiger partial charge is 0.322 e. The Labute approximate surface area is 160 Å². The number of halogens is 2. The maximum atomic E-state index is 13.5. The van der Waals surface area contributed by atoms with E-state index in [9.17, 15) is 13.6 Å². The van der Waals surface area contributed by atoms with E-state index in [0.29, 0.717) is 22.2 Å². The van der Waals surface area contributed by atoms with Gasteiger partial charge >= 0.3 is 0 Å². The van der Waals surface area contributed by atoms with Crippen LogP contribution in [0.5, 0.6) is 0 Å². The van der Waals surface area contributed by atoms with Crippen LogP contribution >= 0.6 is 0 Å². The van der Waals surface area contributed by atoms with Crippen molar-refractivity contribution in [1.82, 2.24) is 4.98 Å². The molecule has 28 heavy (non-hydrogen) atoms. The zero-order valence-electron chi connectivity index (χ0n) is 15.0. The van der Waals surface area contributed by atoms with Crippen LogP contribution in [0.1, 0.15) is 15.9 Å². The molecule has 1 heterocycles. The summed E-state index contributed by atoms with van der Waals surface area (Å²) in [5, 5.41) is 3.31. The molecule has 0 atom stereocenters. The number of aryl methyl sites for hydroxylation is 1. The molecular weight excluding hydrogens is 358 g/mol. The predicted octanol–water partition coefficient (Wildman–Crippen LogP) is 5.74. The van der Waals surface area contributed by atoms with Gasteiger partial charge in [-0.3, -0.25) is 4.79 Å². The Kier molecular flexibility index (Phi) is 4.57. The molecule has 0 radical (unpaired) electrons. The van der Waals surface area contributed by atoms with Crippen molar-refractivity contribution in [2.75, 3.05) is 5.32 Å². The summed E-state index contributed by atoms with van der Waals surface area (Å²) in [5.41, 5.74) is 3.94. The van der Waals surface area contributed by atoms with Crippen LogP contribution in [0.2, 0.25) is 0 Å². The summed E-state index contributed by atoms with van der Waals surface area (Å²) < 4.78 is 26.6. The van der Waals surface area contributed by atoms with E-state index in [1.807, 2.05) is 49.4 Å². The molecule has 0 spiro atoms. The summed E-state index contributed by atoms with van der Waals surface area (Å²) in [5.74, 6) is -2.40. The number of carbonyl (C=O) groups is 1. The Morgan fingerprint density at radius 2 is 1.64 bits per heavy atom. The highest BCUT2D eigenvalue weighted by Crippen LogP contribution is 2.26. The highest BCUT2D eigenvalue weighted by atomic mass is 19.2. The summed E-state index contributed by atoms with van der Waals surface area (Å²) in [6.45, 7) is 2.00. The average molecular weight is 374 g/mol. The lowest BCUT2D eigenvalue weighted by Gasteiger charge is -2.11. The van der Waals surface area contributed by atoms with Crippen molar-refractivity contribution in [2.24, 2.45) is 0 Å². The summed E-state index contributed by atoms with van der Waals surface area (Å²) in [6, 6.07) is 20.1. The van der Waals surface area contributed by atoms with Crippen LogP contribution < -0.4 is 5.32 Å². The van der Waals surface area contributed by atoms with Crippen LogP contribution in [0.3, 0.4) is 0 Å². The molecule has 138 valence electrons. The van der Waals surface area contributed by atoms with Gasteiger partial charge in [0.2, 0.25) is 0 Å². The minimum atomic E-state index is -1.02. The van der Waals surface area contributed by atoms with Gasteiger partial charge in [0.25, 0.3) is 5.91 Å². The molecule has 0 aliphatic carbocycles. The van der Waals surface area contributed by atoms with Crippen molar-refractivity contribution in [3.63, 3.8) is 0 Å². The van der Waals surface area contributed by atoms with Crippen molar-refractivity contribution in [3.8, 4) is 11.3 Å². The first kappa shape index (κ1) is 17.8. The van der Waals surface area contributed by atoms with Crippen molar-refractivity contribution in [1.29, 1.82) is 0 Å². The molecule has 0 bridgehead atoms. The van der Waals surface area contributed by atoms with Gasteiger partial charge in [0.05, 0.1) is 16.8 Å². The van der Waals surface area contributed by atoms with Crippen molar-refractivity contribution >= 4 is 22.5 Å². The van der Waals surface area contributed by atoms with E-state index < -0.39 is 17.5 Å². The molecule has 1 aromatic heterocycles. The fourth-order valence-electron chi connectivity index (χ4n) is 3.01. The Morgan fingerprint density at radius 3 is 2.39 bits per heavy atom. The monoisotopic (exact) mass is 374 g/mol. The first-order chi connectivity index (χ1) is 13.5. The molecule has 3 aromatic carbocycles. The number of aromatic nitrogens is 1. The van der Waals surface area contributed by atoms with Crippen LogP contribution in [0.25, 0.3) is 22.2 Å². The van der Waals surface area contributed by atoms with E-state index in [4.69, 9.17) is 0 Å². The van der Waals surface area contributed by atoms with Gasteiger partial charge in [-0.25, -0.2) is 13.8 Å². The predicted molar refractivity (Wildman–Crippen MR) is 106 cm³/mol. The van der Waals surface area contributed by atoms with Crippen LogP contribution in [0, 0.1) is 18.6 Å². The van der Waals surface area contributed by atoms with Crippen molar-refractivity contribution < 1.29 is 13.6 Å². The second-order valence-corrected chi connectivity index (χ2v) is 6.52. The van der Waals surface area contributed by atoms with E-state index >= 15 is 0 Å². The second kappa shape index (κ2) is 7.19. The molecular formula is C23H16F2N2O. The van der Waals surface area contributed by atoms with Crippen LogP contribution in [-0.4, -0.2) is 10.9 Å². The third-order valence-corrected chi connectivity index (χ3v) is 4.49. The maximum absolute atomic E-state index is 13.5. The molecule has 3 nitrogen and oxygen atoms in total. The highest BCUT2D eigenvalue weighted by molar-refractivity contribution is 6.13. The number of hydrogen-bond donors (Lipinski definition) is 1. The molecule has 4 aromatic rings. The number of anilines is 1. The zero-order chi connectivity index (χ0) is 19.7. The third-order valence-electron chi connectivity index (χ3n) is 4.49. The Bertz CT molecular complexity index is 1190. The molecule has 4 rings (SSSR count). The standard InChI is InChI=1S/C23H16F2N2O/c1-14-6-8-15(9-7-14)22-13-18(17-4-2-3-5-21(17)27-22)23(28)26-16-10-11-19(24)20(25)12-16/h2-13H,1H3,(H,26,28). The summed E-state index contributed by atoms with van der Waals surface area (Å²) in [6.07, 6.45) is 0. The number of rotatable bonds is 3. The van der Waals surface area contributed by atoms with Gasteiger partial charge in [0, 0.05) is 22.7 Å². The SMILES string of the molecule is Cc1ccc(-c2cc(C(=O)Nc3ccc(F)c(F)c3)c3ccccc3n2)cc1. The number of pyridine rings is 1. The normalized spacial score (nSPS) is 10.8. The van der Waals surface area contributed by atoms with Gasteiger partial charge in [-0.2, -0.15) is 0 Å². The first-order valence-corrected chi connectivity index (χ1v) is 8.74. The minimum Gasteiger partial charge on any atom is -0.322 e. The molecule has 0 aliphatic heterocycles. The van der Waals surface area contributed by atoms with Gasteiger partial charge < -0.3 is 5.32 Å². The van der Waals surface area contributed by atoms with E-state index in [0.717, 1.165) is 23.3 Å². The molecule has 0 saturated carbocycles. The van der Waals surface area contributed by atoms with Gasteiger partial charge in [0.15, 0.2) is 11.6 Å². The Morgan fingerprint density at radius 1 is 0.893 bits per heavy atom. The topological polar surface area (TPSA) is 42.0 Å².